The summed E-state index contributed by atoms with van der Waals surface area (Å²) in [4.78, 5) is 4.61. The SMILES string of the molecule is COc1ccc(CN2CCN(CC=Cc3ccco3)CC2CCO)c(F)c1. The summed E-state index contributed by atoms with van der Waals surface area (Å²) < 4.78 is 24.7. The molecule has 1 fully saturated rings. The van der Waals surface area contributed by atoms with Crippen molar-refractivity contribution in [2.45, 2.75) is 19.0 Å². The van der Waals surface area contributed by atoms with Crippen LogP contribution in [0.5, 0.6) is 5.75 Å². The van der Waals surface area contributed by atoms with Crippen LogP contribution in [0.2, 0.25) is 0 Å². The molecule has 1 aliphatic rings. The third-order valence-corrected chi connectivity index (χ3v) is 4.97. The van der Waals surface area contributed by atoms with Gasteiger partial charge in [-0.3, -0.25) is 9.80 Å². The van der Waals surface area contributed by atoms with Gasteiger partial charge in [-0.1, -0.05) is 12.1 Å². The van der Waals surface area contributed by atoms with Gasteiger partial charge in [0.25, 0.3) is 0 Å². The van der Waals surface area contributed by atoms with Gasteiger partial charge in [-0.05, 0) is 30.7 Å². The van der Waals surface area contributed by atoms with E-state index in [1.165, 1.54) is 13.2 Å². The first-order valence-corrected chi connectivity index (χ1v) is 9.29. The smallest absolute Gasteiger partial charge is 0.131 e. The summed E-state index contributed by atoms with van der Waals surface area (Å²) in [6, 6.07) is 8.98. The van der Waals surface area contributed by atoms with E-state index in [9.17, 15) is 9.50 Å². The fourth-order valence-electron chi connectivity index (χ4n) is 3.46. The number of aliphatic hydroxyl groups excluding tert-OH is 1. The van der Waals surface area contributed by atoms with Crippen LogP contribution in [-0.4, -0.2) is 60.8 Å². The molecule has 6 heteroatoms. The average molecular weight is 374 g/mol. The van der Waals surface area contributed by atoms with E-state index in [1.54, 1.807) is 18.4 Å². The lowest BCUT2D eigenvalue weighted by molar-refractivity contribution is 0.0589. The third kappa shape index (κ3) is 5.42. The highest BCUT2D eigenvalue weighted by Gasteiger charge is 2.26. The number of halogens is 1. The molecule has 0 bridgehead atoms. The lowest BCUT2D eigenvalue weighted by Crippen LogP contribution is -2.52. The molecule has 1 aromatic heterocycles. The highest BCUT2D eigenvalue weighted by atomic mass is 19.1. The topological polar surface area (TPSA) is 49.1 Å². The molecular weight excluding hydrogens is 347 g/mol. The number of benzene rings is 1. The molecule has 3 rings (SSSR count). The van der Waals surface area contributed by atoms with Crippen LogP contribution in [-0.2, 0) is 6.54 Å². The standard InChI is InChI=1S/C21H27FN2O3/c1-26-20-7-6-17(21(22)14-20)15-24-11-10-23(16-18(24)8-12-25)9-2-4-19-5-3-13-27-19/h2-7,13-14,18,25H,8-12,15-16H2,1H3. The molecule has 146 valence electrons. The molecule has 1 atom stereocenters. The quantitative estimate of drug-likeness (QED) is 0.770. The second-order valence-corrected chi connectivity index (χ2v) is 6.77. The third-order valence-electron chi connectivity index (χ3n) is 4.97. The number of methoxy groups -OCH3 is 1. The molecule has 27 heavy (non-hydrogen) atoms. The van der Waals surface area contributed by atoms with Gasteiger partial charge in [-0.15, -0.1) is 0 Å². The van der Waals surface area contributed by atoms with Gasteiger partial charge in [0.2, 0.25) is 0 Å². The highest BCUT2D eigenvalue weighted by molar-refractivity contribution is 5.42. The van der Waals surface area contributed by atoms with E-state index in [2.05, 4.69) is 15.9 Å². The largest absolute Gasteiger partial charge is 0.497 e. The Morgan fingerprint density at radius 3 is 2.93 bits per heavy atom. The number of piperazine rings is 1. The lowest BCUT2D eigenvalue weighted by atomic mass is 10.1. The Morgan fingerprint density at radius 1 is 1.33 bits per heavy atom. The summed E-state index contributed by atoms with van der Waals surface area (Å²) >= 11 is 0. The van der Waals surface area contributed by atoms with Gasteiger partial charge in [-0.25, -0.2) is 4.39 Å². The van der Waals surface area contributed by atoms with Crippen LogP contribution in [0.25, 0.3) is 6.08 Å². The Kier molecular flexibility index (Phi) is 7.04. The monoisotopic (exact) mass is 374 g/mol. The van der Waals surface area contributed by atoms with Crippen LogP contribution < -0.4 is 4.74 Å². The molecular formula is C21H27FN2O3. The van der Waals surface area contributed by atoms with Crippen molar-refractivity contribution in [1.29, 1.82) is 0 Å². The zero-order chi connectivity index (χ0) is 19.1. The summed E-state index contributed by atoms with van der Waals surface area (Å²) in [5, 5.41) is 9.45. The van der Waals surface area contributed by atoms with Crippen LogP contribution in [0.3, 0.4) is 0 Å². The van der Waals surface area contributed by atoms with Crippen molar-refractivity contribution < 1.29 is 18.7 Å². The minimum Gasteiger partial charge on any atom is -0.497 e. The van der Waals surface area contributed by atoms with Gasteiger partial charge < -0.3 is 14.3 Å². The van der Waals surface area contributed by atoms with Crippen LogP contribution in [0, 0.1) is 5.82 Å². The minimum atomic E-state index is -0.249. The van der Waals surface area contributed by atoms with Crippen LogP contribution in [0.1, 0.15) is 17.7 Å². The predicted octanol–water partition coefficient (Wildman–Crippen LogP) is 3.01. The Hall–Kier alpha value is -2.15. The van der Waals surface area contributed by atoms with Crippen LogP contribution >= 0.6 is 0 Å². The minimum absolute atomic E-state index is 0.127. The maximum atomic E-state index is 14.3. The summed E-state index contributed by atoms with van der Waals surface area (Å²) in [5.41, 5.74) is 0.657. The Bertz CT molecular complexity index is 733. The lowest BCUT2D eigenvalue weighted by Gasteiger charge is -2.41. The zero-order valence-electron chi connectivity index (χ0n) is 15.7. The van der Waals surface area contributed by atoms with Crippen molar-refractivity contribution in [1.82, 2.24) is 9.80 Å². The van der Waals surface area contributed by atoms with Gasteiger partial charge in [0.05, 0.1) is 13.4 Å². The van der Waals surface area contributed by atoms with Crippen molar-refractivity contribution in [3.8, 4) is 5.75 Å². The second-order valence-electron chi connectivity index (χ2n) is 6.77. The zero-order valence-corrected chi connectivity index (χ0v) is 15.7. The highest BCUT2D eigenvalue weighted by Crippen LogP contribution is 2.21. The van der Waals surface area contributed by atoms with Gasteiger partial charge in [-0.2, -0.15) is 0 Å². The summed E-state index contributed by atoms with van der Waals surface area (Å²) in [6.45, 7) is 4.08. The van der Waals surface area contributed by atoms with Gasteiger partial charge in [0.15, 0.2) is 0 Å². The van der Waals surface area contributed by atoms with E-state index in [1.807, 2.05) is 18.2 Å². The van der Waals surface area contributed by atoms with E-state index < -0.39 is 0 Å². The maximum Gasteiger partial charge on any atom is 0.131 e. The maximum absolute atomic E-state index is 14.3. The fourth-order valence-corrected chi connectivity index (χ4v) is 3.46. The number of aliphatic hydroxyl groups is 1. The molecule has 5 nitrogen and oxygen atoms in total. The molecule has 1 aromatic carbocycles. The number of furan rings is 1. The molecule has 1 unspecified atom stereocenters. The number of hydrogen-bond acceptors (Lipinski definition) is 5. The fraction of sp³-hybridized carbons (Fsp3) is 0.429. The predicted molar refractivity (Wildman–Crippen MR) is 103 cm³/mol. The number of hydrogen-bond donors (Lipinski definition) is 1. The van der Waals surface area contributed by atoms with Gasteiger partial charge in [0.1, 0.15) is 17.3 Å². The van der Waals surface area contributed by atoms with Crippen LogP contribution in [0.15, 0.2) is 47.1 Å². The van der Waals surface area contributed by atoms with E-state index in [4.69, 9.17) is 9.15 Å². The van der Waals surface area contributed by atoms with E-state index >= 15 is 0 Å². The van der Waals surface area contributed by atoms with Gasteiger partial charge in [0, 0.05) is 57.0 Å². The Morgan fingerprint density at radius 2 is 2.22 bits per heavy atom. The molecule has 0 radical (unpaired) electrons. The molecule has 2 heterocycles. The van der Waals surface area contributed by atoms with Crippen molar-refractivity contribution in [3.05, 3.63) is 59.8 Å². The van der Waals surface area contributed by atoms with Crippen molar-refractivity contribution in [2.75, 3.05) is 39.9 Å². The van der Waals surface area contributed by atoms with Crippen molar-refractivity contribution in [3.63, 3.8) is 0 Å². The molecule has 1 aliphatic heterocycles. The molecule has 2 aromatic rings. The number of nitrogens with zero attached hydrogens (tertiary/aromatic N) is 2. The average Bonchev–Trinajstić information content (AvgIpc) is 3.19. The van der Waals surface area contributed by atoms with Crippen molar-refractivity contribution >= 4 is 6.08 Å². The molecule has 0 saturated carbocycles. The summed E-state index contributed by atoms with van der Waals surface area (Å²) in [7, 11) is 1.53. The van der Waals surface area contributed by atoms with E-state index in [0.29, 0.717) is 24.3 Å². The first kappa shape index (κ1) is 19.6. The molecule has 0 aliphatic carbocycles. The summed E-state index contributed by atoms with van der Waals surface area (Å²) in [5.74, 6) is 1.12. The van der Waals surface area contributed by atoms with E-state index in [0.717, 1.165) is 31.9 Å². The first-order chi connectivity index (χ1) is 13.2. The molecule has 0 amide bonds. The first-order valence-electron chi connectivity index (χ1n) is 9.29. The summed E-state index contributed by atoms with van der Waals surface area (Å²) in [6.07, 6.45) is 6.40. The normalized spacial score (nSPS) is 19.0. The molecule has 1 saturated heterocycles. The second kappa shape index (κ2) is 9.69. The van der Waals surface area contributed by atoms with Crippen molar-refractivity contribution in [2.24, 2.45) is 0 Å². The van der Waals surface area contributed by atoms with Crippen LogP contribution in [0.4, 0.5) is 4.39 Å². The molecule has 0 spiro atoms. The van der Waals surface area contributed by atoms with E-state index in [-0.39, 0.29) is 18.5 Å². The van der Waals surface area contributed by atoms with Gasteiger partial charge >= 0.3 is 0 Å². The number of rotatable bonds is 8. The molecule has 1 N–H and O–H groups in total. The Labute approximate surface area is 159 Å². The Balaban J connectivity index is 1.59. The number of ether oxygens (including phenoxy) is 1.